The first-order chi connectivity index (χ1) is 7.33. The van der Waals surface area contributed by atoms with E-state index in [0.29, 0.717) is 18.9 Å². The van der Waals surface area contributed by atoms with Crippen molar-refractivity contribution in [1.29, 1.82) is 0 Å². The fourth-order valence-electron chi connectivity index (χ4n) is 3.10. The predicted octanol–water partition coefficient (Wildman–Crippen LogP) is 0.492. The molecule has 0 spiro atoms. The summed E-state index contributed by atoms with van der Waals surface area (Å²) < 4.78 is 0. The normalized spacial score (nSPS) is 40.1. The monoisotopic (exact) mass is 210 g/mol. The van der Waals surface area contributed by atoms with Gasteiger partial charge in [-0.3, -0.25) is 9.63 Å². The highest BCUT2D eigenvalue weighted by Gasteiger charge is 2.36. The summed E-state index contributed by atoms with van der Waals surface area (Å²) >= 11 is 0. The Morgan fingerprint density at radius 2 is 2.13 bits per heavy atom. The van der Waals surface area contributed by atoms with E-state index >= 15 is 0 Å². The van der Waals surface area contributed by atoms with Gasteiger partial charge in [0.1, 0.15) is 0 Å². The molecule has 0 aromatic heterocycles. The summed E-state index contributed by atoms with van der Waals surface area (Å²) in [6.45, 7) is 5.09. The smallest absolute Gasteiger partial charge is 0.248 e. The Morgan fingerprint density at radius 1 is 1.33 bits per heavy atom. The SMILES string of the molecule is O=C1CCON1CC1CN2CCC1CC2. The minimum Gasteiger partial charge on any atom is -0.303 e. The zero-order valence-electron chi connectivity index (χ0n) is 9.02. The maximum atomic E-state index is 11.4. The Kier molecular flexibility index (Phi) is 2.41. The van der Waals surface area contributed by atoms with Crippen LogP contribution in [-0.2, 0) is 9.63 Å². The zero-order valence-corrected chi connectivity index (χ0v) is 9.02. The van der Waals surface area contributed by atoms with Crippen LogP contribution in [-0.4, -0.2) is 48.7 Å². The maximum absolute atomic E-state index is 11.4. The van der Waals surface area contributed by atoms with Gasteiger partial charge in [-0.2, -0.15) is 0 Å². The van der Waals surface area contributed by atoms with Crippen molar-refractivity contribution in [2.75, 3.05) is 32.8 Å². The number of hydrogen-bond acceptors (Lipinski definition) is 3. The Balaban J connectivity index is 1.61. The van der Waals surface area contributed by atoms with Gasteiger partial charge in [-0.25, -0.2) is 5.06 Å². The molecule has 0 aliphatic carbocycles. The number of carbonyl (C=O) groups excluding carboxylic acids is 1. The van der Waals surface area contributed by atoms with Crippen LogP contribution in [0.2, 0.25) is 0 Å². The summed E-state index contributed by atoms with van der Waals surface area (Å²) in [5.74, 6) is 1.65. The zero-order chi connectivity index (χ0) is 10.3. The van der Waals surface area contributed by atoms with Crippen LogP contribution in [0.25, 0.3) is 0 Å². The number of amides is 1. The van der Waals surface area contributed by atoms with E-state index in [1.807, 2.05) is 0 Å². The van der Waals surface area contributed by atoms with Crippen molar-refractivity contribution >= 4 is 5.91 Å². The number of nitrogens with zero attached hydrogens (tertiary/aromatic N) is 2. The molecular weight excluding hydrogens is 192 g/mol. The van der Waals surface area contributed by atoms with Crippen LogP contribution in [0, 0.1) is 11.8 Å². The molecule has 0 aromatic rings. The fourth-order valence-corrected chi connectivity index (χ4v) is 3.10. The summed E-state index contributed by atoms with van der Waals surface area (Å²) in [4.78, 5) is 19.3. The van der Waals surface area contributed by atoms with E-state index in [4.69, 9.17) is 4.84 Å². The van der Waals surface area contributed by atoms with Crippen LogP contribution in [0.4, 0.5) is 0 Å². The minimum atomic E-state index is 0.173. The fraction of sp³-hybridized carbons (Fsp3) is 0.909. The van der Waals surface area contributed by atoms with Gasteiger partial charge in [0.25, 0.3) is 0 Å². The van der Waals surface area contributed by atoms with Crippen molar-refractivity contribution in [1.82, 2.24) is 9.96 Å². The van der Waals surface area contributed by atoms with E-state index in [-0.39, 0.29) is 5.91 Å². The maximum Gasteiger partial charge on any atom is 0.248 e. The highest BCUT2D eigenvalue weighted by Crippen LogP contribution is 2.33. The van der Waals surface area contributed by atoms with Crippen LogP contribution in [0.3, 0.4) is 0 Å². The molecule has 0 saturated carbocycles. The standard InChI is InChI=1S/C11H18N2O2/c14-11-3-6-15-13(11)8-10-7-12-4-1-9(10)2-5-12/h9-10H,1-8H2. The average Bonchev–Trinajstić information content (AvgIpc) is 2.66. The van der Waals surface area contributed by atoms with Gasteiger partial charge in [0.15, 0.2) is 0 Å². The first-order valence-corrected chi connectivity index (χ1v) is 5.98. The van der Waals surface area contributed by atoms with E-state index in [1.165, 1.54) is 25.9 Å². The van der Waals surface area contributed by atoms with Gasteiger partial charge in [-0.15, -0.1) is 0 Å². The van der Waals surface area contributed by atoms with Crippen LogP contribution in [0.15, 0.2) is 0 Å². The second kappa shape index (κ2) is 3.76. The largest absolute Gasteiger partial charge is 0.303 e. The highest BCUT2D eigenvalue weighted by molar-refractivity contribution is 5.76. The van der Waals surface area contributed by atoms with Crippen molar-refractivity contribution < 1.29 is 9.63 Å². The van der Waals surface area contributed by atoms with Crippen LogP contribution >= 0.6 is 0 Å². The van der Waals surface area contributed by atoms with Crippen molar-refractivity contribution in [3.8, 4) is 0 Å². The Labute approximate surface area is 90.1 Å². The lowest BCUT2D eigenvalue weighted by Crippen LogP contribution is -2.50. The molecule has 0 radical (unpaired) electrons. The summed E-state index contributed by atoms with van der Waals surface area (Å²) in [6, 6.07) is 0. The lowest BCUT2D eigenvalue weighted by Gasteiger charge is -2.45. The molecule has 0 aromatic carbocycles. The molecule has 1 unspecified atom stereocenters. The van der Waals surface area contributed by atoms with Crippen molar-refractivity contribution in [2.24, 2.45) is 11.8 Å². The average molecular weight is 210 g/mol. The third-order valence-corrected chi connectivity index (χ3v) is 4.03. The lowest BCUT2D eigenvalue weighted by molar-refractivity contribution is -0.168. The Morgan fingerprint density at radius 3 is 2.67 bits per heavy atom. The van der Waals surface area contributed by atoms with Crippen LogP contribution in [0.5, 0.6) is 0 Å². The molecule has 84 valence electrons. The second-order valence-electron chi connectivity index (χ2n) is 4.94. The van der Waals surface area contributed by atoms with Gasteiger partial charge < -0.3 is 4.90 Å². The Bertz CT molecular complexity index is 261. The number of rotatable bonds is 2. The molecular formula is C11H18N2O2. The molecule has 2 bridgehead atoms. The van der Waals surface area contributed by atoms with Crippen molar-refractivity contribution in [3.63, 3.8) is 0 Å². The van der Waals surface area contributed by atoms with Gasteiger partial charge in [0, 0.05) is 6.54 Å². The van der Waals surface area contributed by atoms with Gasteiger partial charge in [0.05, 0.1) is 19.6 Å². The van der Waals surface area contributed by atoms with E-state index < -0.39 is 0 Å². The van der Waals surface area contributed by atoms with Gasteiger partial charge in [-0.1, -0.05) is 0 Å². The molecule has 4 rings (SSSR count). The number of hydroxylamine groups is 2. The summed E-state index contributed by atoms with van der Waals surface area (Å²) in [5.41, 5.74) is 0. The Hall–Kier alpha value is -0.610. The van der Waals surface area contributed by atoms with Gasteiger partial charge >= 0.3 is 0 Å². The molecule has 4 fully saturated rings. The molecule has 4 nitrogen and oxygen atoms in total. The lowest BCUT2D eigenvalue weighted by atomic mass is 9.79. The molecule has 4 heterocycles. The quantitative estimate of drug-likeness (QED) is 0.665. The summed E-state index contributed by atoms with van der Waals surface area (Å²) in [6.07, 6.45) is 3.19. The molecule has 4 aliphatic rings. The molecule has 4 saturated heterocycles. The predicted molar refractivity (Wildman–Crippen MR) is 54.9 cm³/mol. The molecule has 0 N–H and O–H groups in total. The number of hydrogen-bond donors (Lipinski definition) is 0. The summed E-state index contributed by atoms with van der Waals surface area (Å²) in [7, 11) is 0. The van der Waals surface area contributed by atoms with E-state index in [1.54, 1.807) is 5.06 Å². The number of carbonyl (C=O) groups is 1. The minimum absolute atomic E-state index is 0.173. The summed E-state index contributed by atoms with van der Waals surface area (Å²) in [5, 5.41) is 1.60. The van der Waals surface area contributed by atoms with Crippen LogP contribution in [0.1, 0.15) is 19.3 Å². The van der Waals surface area contributed by atoms with E-state index in [9.17, 15) is 4.79 Å². The number of piperidine rings is 3. The van der Waals surface area contributed by atoms with E-state index in [2.05, 4.69) is 4.90 Å². The van der Waals surface area contributed by atoms with Gasteiger partial charge in [-0.05, 0) is 37.8 Å². The molecule has 4 heteroatoms. The van der Waals surface area contributed by atoms with Crippen LogP contribution < -0.4 is 0 Å². The first-order valence-electron chi connectivity index (χ1n) is 5.98. The molecule has 15 heavy (non-hydrogen) atoms. The molecule has 1 atom stereocenters. The van der Waals surface area contributed by atoms with E-state index in [0.717, 1.165) is 19.0 Å². The second-order valence-corrected chi connectivity index (χ2v) is 4.94. The first kappa shape index (κ1) is 9.60. The van der Waals surface area contributed by atoms with Gasteiger partial charge in [0.2, 0.25) is 5.91 Å². The van der Waals surface area contributed by atoms with Crippen molar-refractivity contribution in [2.45, 2.75) is 19.3 Å². The third kappa shape index (κ3) is 1.76. The number of fused-ring (bicyclic) bond motifs is 3. The molecule has 1 amide bonds. The highest BCUT2D eigenvalue weighted by atomic mass is 16.7. The topological polar surface area (TPSA) is 32.8 Å². The molecule has 4 aliphatic heterocycles. The third-order valence-electron chi connectivity index (χ3n) is 4.03. The van der Waals surface area contributed by atoms with Crippen molar-refractivity contribution in [3.05, 3.63) is 0 Å².